The summed E-state index contributed by atoms with van der Waals surface area (Å²) in [4.78, 5) is 0. The van der Waals surface area contributed by atoms with Gasteiger partial charge >= 0.3 is 6.36 Å². The number of benzene rings is 1. The molecule has 0 saturated carbocycles. The zero-order chi connectivity index (χ0) is 14.8. The average molecular weight is 289 g/mol. The fourth-order valence-corrected chi connectivity index (χ4v) is 2.06. The van der Waals surface area contributed by atoms with Gasteiger partial charge < -0.3 is 14.8 Å². The molecule has 3 atom stereocenters. The number of alkyl halides is 3. The summed E-state index contributed by atoms with van der Waals surface area (Å²) >= 11 is 0. The number of ether oxygens (including phenoxy) is 2. The highest BCUT2D eigenvalue weighted by atomic mass is 19.4. The van der Waals surface area contributed by atoms with Crippen molar-refractivity contribution in [1.82, 2.24) is 5.32 Å². The summed E-state index contributed by atoms with van der Waals surface area (Å²) in [6.07, 6.45) is -4.81. The van der Waals surface area contributed by atoms with E-state index < -0.39 is 6.36 Å². The van der Waals surface area contributed by atoms with Crippen LogP contribution in [0.25, 0.3) is 0 Å². The third-order valence-corrected chi connectivity index (χ3v) is 3.52. The van der Waals surface area contributed by atoms with E-state index in [1.165, 1.54) is 12.1 Å². The summed E-state index contributed by atoms with van der Waals surface area (Å²) in [6, 6.07) is 6.18. The summed E-state index contributed by atoms with van der Waals surface area (Å²) in [5.41, 5.74) is 0.841. The van der Waals surface area contributed by atoms with Crippen LogP contribution in [0.3, 0.4) is 0 Å². The van der Waals surface area contributed by atoms with Gasteiger partial charge in [0.05, 0.1) is 12.7 Å². The highest BCUT2D eigenvalue weighted by Gasteiger charge is 2.31. The normalized spacial score (nSPS) is 27.9. The Bertz CT molecular complexity index is 421. The standard InChI is InChI=1S/C14H18F3NO2/c1-9-8-19-13(7-18-10(9)2)11-3-5-12(6-4-11)20-14(15,16)17/h3-6,9-10,13,18H,7-8H2,1-2H3. The number of nitrogens with one attached hydrogen (secondary N) is 1. The minimum Gasteiger partial charge on any atom is -0.406 e. The first kappa shape index (κ1) is 15.1. The lowest BCUT2D eigenvalue weighted by Gasteiger charge is -2.16. The largest absolute Gasteiger partial charge is 0.573 e. The molecule has 1 heterocycles. The maximum Gasteiger partial charge on any atom is 0.573 e. The van der Waals surface area contributed by atoms with Gasteiger partial charge in [-0.25, -0.2) is 0 Å². The Hall–Kier alpha value is -1.27. The first-order valence-electron chi connectivity index (χ1n) is 6.56. The Morgan fingerprint density at radius 2 is 1.85 bits per heavy atom. The summed E-state index contributed by atoms with van der Waals surface area (Å²) < 4.78 is 45.9. The predicted molar refractivity (Wildman–Crippen MR) is 68.4 cm³/mol. The molecule has 1 aliphatic heterocycles. The molecule has 0 amide bonds. The van der Waals surface area contributed by atoms with Crippen molar-refractivity contribution in [3.05, 3.63) is 29.8 Å². The van der Waals surface area contributed by atoms with Crippen LogP contribution in [-0.2, 0) is 4.74 Å². The van der Waals surface area contributed by atoms with E-state index in [-0.39, 0.29) is 11.9 Å². The van der Waals surface area contributed by atoms with Gasteiger partial charge in [0.1, 0.15) is 5.75 Å². The zero-order valence-electron chi connectivity index (χ0n) is 11.4. The van der Waals surface area contributed by atoms with Gasteiger partial charge in [0.25, 0.3) is 0 Å². The first-order chi connectivity index (χ1) is 9.35. The molecule has 20 heavy (non-hydrogen) atoms. The summed E-state index contributed by atoms with van der Waals surface area (Å²) in [5.74, 6) is 0.178. The Morgan fingerprint density at radius 1 is 1.20 bits per heavy atom. The maximum absolute atomic E-state index is 12.1. The van der Waals surface area contributed by atoms with Crippen molar-refractivity contribution < 1.29 is 22.6 Å². The van der Waals surface area contributed by atoms with Gasteiger partial charge in [0.2, 0.25) is 0 Å². The second-order valence-corrected chi connectivity index (χ2v) is 5.11. The SMILES string of the molecule is CC1COC(c2ccc(OC(F)(F)F)cc2)CNC1C. The quantitative estimate of drug-likeness (QED) is 0.906. The van der Waals surface area contributed by atoms with Crippen LogP contribution in [0.1, 0.15) is 25.5 Å². The monoisotopic (exact) mass is 289 g/mol. The van der Waals surface area contributed by atoms with Gasteiger partial charge in [0.15, 0.2) is 0 Å². The van der Waals surface area contributed by atoms with Gasteiger partial charge in [-0.05, 0) is 30.5 Å². The van der Waals surface area contributed by atoms with Crippen molar-refractivity contribution in [3.63, 3.8) is 0 Å². The zero-order valence-corrected chi connectivity index (χ0v) is 11.4. The van der Waals surface area contributed by atoms with E-state index in [2.05, 4.69) is 23.9 Å². The van der Waals surface area contributed by atoms with Crippen molar-refractivity contribution in [3.8, 4) is 5.75 Å². The molecular weight excluding hydrogens is 271 g/mol. The fourth-order valence-electron chi connectivity index (χ4n) is 2.06. The van der Waals surface area contributed by atoms with Crippen LogP contribution in [0.4, 0.5) is 13.2 Å². The van der Waals surface area contributed by atoms with Gasteiger partial charge in [-0.15, -0.1) is 13.2 Å². The van der Waals surface area contributed by atoms with Gasteiger partial charge in [-0.1, -0.05) is 19.1 Å². The molecule has 112 valence electrons. The van der Waals surface area contributed by atoms with E-state index in [1.807, 2.05) is 0 Å². The van der Waals surface area contributed by atoms with Crippen molar-refractivity contribution in [2.75, 3.05) is 13.2 Å². The molecule has 0 aliphatic carbocycles. The van der Waals surface area contributed by atoms with E-state index in [4.69, 9.17) is 4.74 Å². The number of halogens is 3. The van der Waals surface area contributed by atoms with E-state index in [9.17, 15) is 13.2 Å². The lowest BCUT2D eigenvalue weighted by atomic mass is 10.1. The summed E-state index contributed by atoms with van der Waals surface area (Å²) in [5, 5.41) is 3.36. The molecule has 1 aromatic carbocycles. The molecule has 0 spiro atoms. The van der Waals surface area contributed by atoms with E-state index >= 15 is 0 Å². The molecule has 0 aromatic heterocycles. The highest BCUT2D eigenvalue weighted by molar-refractivity contribution is 5.29. The van der Waals surface area contributed by atoms with E-state index in [0.717, 1.165) is 5.56 Å². The number of hydrogen-bond acceptors (Lipinski definition) is 3. The molecule has 0 bridgehead atoms. The number of rotatable bonds is 2. The number of hydrogen-bond donors (Lipinski definition) is 1. The molecule has 6 heteroatoms. The maximum atomic E-state index is 12.1. The lowest BCUT2D eigenvalue weighted by molar-refractivity contribution is -0.274. The average Bonchev–Trinajstić information content (AvgIpc) is 2.52. The minimum atomic E-state index is -4.66. The van der Waals surface area contributed by atoms with Crippen molar-refractivity contribution in [2.45, 2.75) is 32.4 Å². The minimum absolute atomic E-state index is 0.151. The predicted octanol–water partition coefficient (Wildman–Crippen LogP) is 3.27. The molecule has 1 aromatic rings. The van der Waals surface area contributed by atoms with Crippen LogP contribution in [0.15, 0.2) is 24.3 Å². The van der Waals surface area contributed by atoms with Crippen molar-refractivity contribution >= 4 is 0 Å². The second-order valence-electron chi connectivity index (χ2n) is 5.11. The van der Waals surface area contributed by atoms with Crippen molar-refractivity contribution in [2.24, 2.45) is 5.92 Å². The summed E-state index contributed by atoms with van der Waals surface area (Å²) in [7, 11) is 0. The van der Waals surface area contributed by atoms with Crippen LogP contribution in [0, 0.1) is 5.92 Å². The van der Waals surface area contributed by atoms with Crippen LogP contribution < -0.4 is 10.1 Å². The third-order valence-electron chi connectivity index (χ3n) is 3.52. The van der Waals surface area contributed by atoms with E-state index in [1.54, 1.807) is 12.1 Å². The molecule has 1 N–H and O–H groups in total. The highest BCUT2D eigenvalue weighted by Crippen LogP contribution is 2.26. The van der Waals surface area contributed by atoms with E-state index in [0.29, 0.717) is 25.1 Å². The molecule has 3 unspecified atom stereocenters. The Labute approximate surface area is 116 Å². The van der Waals surface area contributed by atoms with Crippen LogP contribution in [-0.4, -0.2) is 25.6 Å². The second kappa shape index (κ2) is 6.01. The summed E-state index contributed by atoms with van der Waals surface area (Å²) in [6.45, 7) is 5.46. The van der Waals surface area contributed by atoms with Gasteiger partial charge in [-0.3, -0.25) is 0 Å². The molecule has 1 aliphatic rings. The first-order valence-corrected chi connectivity index (χ1v) is 6.56. The third kappa shape index (κ3) is 4.11. The molecule has 1 fully saturated rings. The van der Waals surface area contributed by atoms with Gasteiger partial charge in [-0.2, -0.15) is 0 Å². The van der Waals surface area contributed by atoms with Crippen LogP contribution in [0.5, 0.6) is 5.75 Å². The molecule has 3 nitrogen and oxygen atoms in total. The van der Waals surface area contributed by atoms with Crippen molar-refractivity contribution in [1.29, 1.82) is 0 Å². The molecular formula is C14H18F3NO2. The molecule has 0 radical (unpaired) electrons. The topological polar surface area (TPSA) is 30.5 Å². The van der Waals surface area contributed by atoms with Crippen LogP contribution in [0.2, 0.25) is 0 Å². The molecule has 1 saturated heterocycles. The van der Waals surface area contributed by atoms with Gasteiger partial charge in [0, 0.05) is 12.6 Å². The Morgan fingerprint density at radius 3 is 2.45 bits per heavy atom. The lowest BCUT2D eigenvalue weighted by Crippen LogP contribution is -2.32. The Kier molecular flexibility index (Phi) is 4.55. The molecule has 2 rings (SSSR count). The van der Waals surface area contributed by atoms with Crippen LogP contribution >= 0.6 is 0 Å². The smallest absolute Gasteiger partial charge is 0.406 e. The fraction of sp³-hybridized carbons (Fsp3) is 0.571. The Balaban J connectivity index is 2.02.